The van der Waals surface area contributed by atoms with Crippen LogP contribution in [0.5, 0.6) is 0 Å². The molecule has 7 heteroatoms. The number of aromatic nitrogens is 3. The Labute approximate surface area is 146 Å². The fourth-order valence-corrected chi connectivity index (χ4v) is 3.26. The number of hydrogen-bond donors (Lipinski definition) is 1. The minimum Gasteiger partial charge on any atom is -0.373 e. The maximum absolute atomic E-state index is 14.4. The van der Waals surface area contributed by atoms with Crippen LogP contribution in [0.15, 0.2) is 18.3 Å². The molecule has 1 N–H and O–H groups in total. The Kier molecular flexibility index (Phi) is 4.75. The molecule has 1 saturated carbocycles. The molecule has 0 bridgehead atoms. The summed E-state index contributed by atoms with van der Waals surface area (Å²) in [7, 11) is 1.68. The highest BCUT2D eigenvalue weighted by Crippen LogP contribution is 2.39. The fourth-order valence-electron chi connectivity index (χ4n) is 3.26. The molecule has 0 aromatic carbocycles. The van der Waals surface area contributed by atoms with Crippen LogP contribution in [-0.4, -0.2) is 27.7 Å². The maximum Gasteiger partial charge on any atom is 0.248 e. The SMILES string of the molecule is CNc1ccc(-c2nn(C3CCC(F)(F)CC3)cc2C(C)C)c(F)n1.[HH]. The molecule has 3 rings (SSSR count). The number of nitrogens with zero attached hydrogens (tertiary/aromatic N) is 3. The average Bonchev–Trinajstić information content (AvgIpc) is 2.99. The van der Waals surface area contributed by atoms with E-state index in [9.17, 15) is 13.2 Å². The molecule has 0 aliphatic heterocycles. The lowest BCUT2D eigenvalue weighted by Crippen LogP contribution is -2.26. The molecular weight excluding hydrogens is 329 g/mol. The minimum absolute atomic E-state index is 0. The normalized spacial score (nSPS) is 17.9. The Morgan fingerprint density at radius 1 is 1.28 bits per heavy atom. The molecule has 1 aliphatic carbocycles. The quantitative estimate of drug-likeness (QED) is 0.763. The number of rotatable bonds is 4. The summed E-state index contributed by atoms with van der Waals surface area (Å²) in [6, 6.07) is 3.28. The van der Waals surface area contributed by atoms with E-state index in [-0.39, 0.29) is 26.2 Å². The Bertz CT molecular complexity index is 751. The van der Waals surface area contributed by atoms with Gasteiger partial charge in [-0.15, -0.1) is 0 Å². The molecule has 2 heterocycles. The zero-order valence-corrected chi connectivity index (χ0v) is 14.7. The van der Waals surface area contributed by atoms with Gasteiger partial charge < -0.3 is 5.32 Å². The number of pyridine rings is 1. The van der Waals surface area contributed by atoms with Crippen molar-refractivity contribution < 1.29 is 14.6 Å². The van der Waals surface area contributed by atoms with Crippen molar-refractivity contribution in [2.45, 2.75) is 57.4 Å². The highest BCUT2D eigenvalue weighted by molar-refractivity contribution is 5.64. The summed E-state index contributed by atoms with van der Waals surface area (Å²) >= 11 is 0. The second kappa shape index (κ2) is 6.69. The van der Waals surface area contributed by atoms with Crippen LogP contribution in [0.3, 0.4) is 0 Å². The number of alkyl halides is 2. The van der Waals surface area contributed by atoms with Gasteiger partial charge in [0.1, 0.15) is 11.5 Å². The van der Waals surface area contributed by atoms with Gasteiger partial charge in [-0.05, 0) is 30.9 Å². The van der Waals surface area contributed by atoms with Crippen LogP contribution in [0.25, 0.3) is 11.3 Å². The van der Waals surface area contributed by atoms with E-state index in [4.69, 9.17) is 0 Å². The summed E-state index contributed by atoms with van der Waals surface area (Å²) in [5, 5.41) is 7.36. The maximum atomic E-state index is 14.4. The first kappa shape index (κ1) is 17.8. The third-order valence-corrected chi connectivity index (χ3v) is 4.80. The van der Waals surface area contributed by atoms with E-state index in [1.807, 2.05) is 20.0 Å². The van der Waals surface area contributed by atoms with Crippen molar-refractivity contribution in [2.24, 2.45) is 0 Å². The second-order valence-corrected chi connectivity index (χ2v) is 6.94. The third kappa shape index (κ3) is 3.65. The van der Waals surface area contributed by atoms with Crippen molar-refractivity contribution in [3.63, 3.8) is 0 Å². The van der Waals surface area contributed by atoms with Crippen LogP contribution in [-0.2, 0) is 0 Å². The van der Waals surface area contributed by atoms with E-state index in [0.717, 1.165) is 5.56 Å². The molecule has 4 nitrogen and oxygen atoms in total. The molecule has 2 aromatic rings. The van der Waals surface area contributed by atoms with E-state index < -0.39 is 11.9 Å². The minimum atomic E-state index is -2.58. The summed E-state index contributed by atoms with van der Waals surface area (Å²) in [5.74, 6) is -2.58. The van der Waals surface area contributed by atoms with Gasteiger partial charge in [-0.3, -0.25) is 4.68 Å². The predicted octanol–water partition coefficient (Wildman–Crippen LogP) is 5.25. The van der Waals surface area contributed by atoms with Crippen molar-refractivity contribution in [3.05, 3.63) is 29.8 Å². The summed E-state index contributed by atoms with van der Waals surface area (Å²) in [6.45, 7) is 4.01. The second-order valence-electron chi connectivity index (χ2n) is 6.94. The molecule has 0 saturated heterocycles. The van der Waals surface area contributed by atoms with Gasteiger partial charge in [0.05, 0.1) is 11.6 Å². The highest BCUT2D eigenvalue weighted by atomic mass is 19.3. The third-order valence-electron chi connectivity index (χ3n) is 4.80. The van der Waals surface area contributed by atoms with Crippen LogP contribution in [0, 0.1) is 5.95 Å². The van der Waals surface area contributed by atoms with Gasteiger partial charge in [0.15, 0.2) is 0 Å². The Hall–Kier alpha value is -2.05. The zero-order chi connectivity index (χ0) is 18.2. The van der Waals surface area contributed by atoms with Gasteiger partial charge in [0.2, 0.25) is 11.9 Å². The van der Waals surface area contributed by atoms with Crippen molar-refractivity contribution in [1.82, 2.24) is 14.8 Å². The molecule has 0 atom stereocenters. The molecule has 0 unspecified atom stereocenters. The van der Waals surface area contributed by atoms with Crippen LogP contribution < -0.4 is 5.32 Å². The van der Waals surface area contributed by atoms with Crippen LogP contribution in [0.4, 0.5) is 19.0 Å². The van der Waals surface area contributed by atoms with Crippen molar-refractivity contribution in [3.8, 4) is 11.3 Å². The summed E-state index contributed by atoms with van der Waals surface area (Å²) in [6.07, 6.45) is 2.38. The lowest BCUT2D eigenvalue weighted by atomic mass is 9.92. The zero-order valence-electron chi connectivity index (χ0n) is 14.7. The van der Waals surface area contributed by atoms with Crippen molar-refractivity contribution in [2.75, 3.05) is 12.4 Å². The van der Waals surface area contributed by atoms with Crippen LogP contribution >= 0.6 is 0 Å². The van der Waals surface area contributed by atoms with E-state index in [1.165, 1.54) is 0 Å². The number of halogens is 3. The van der Waals surface area contributed by atoms with Crippen LogP contribution in [0.2, 0.25) is 0 Å². The van der Waals surface area contributed by atoms with E-state index in [1.54, 1.807) is 23.9 Å². The van der Waals surface area contributed by atoms with Gasteiger partial charge in [-0.1, -0.05) is 13.8 Å². The molecule has 1 fully saturated rings. The smallest absolute Gasteiger partial charge is 0.248 e. The van der Waals surface area contributed by atoms with Gasteiger partial charge in [-0.25, -0.2) is 13.8 Å². The van der Waals surface area contributed by atoms with Gasteiger partial charge in [-0.2, -0.15) is 9.49 Å². The van der Waals surface area contributed by atoms with E-state index in [0.29, 0.717) is 29.9 Å². The Balaban J connectivity index is 0.00000243. The monoisotopic (exact) mass is 354 g/mol. The van der Waals surface area contributed by atoms with Gasteiger partial charge >= 0.3 is 0 Å². The molecule has 1 aliphatic rings. The number of anilines is 1. The summed E-state index contributed by atoms with van der Waals surface area (Å²) in [5.41, 5.74) is 1.78. The average molecular weight is 354 g/mol. The standard InChI is InChI=1S/C18H23F3N4.H2/c1-11(2)14-10-25(12-6-8-18(20,21)9-7-12)24-16(14)13-4-5-15(22-3)23-17(13)19;/h4-5,10-12H,6-9H2,1-3H3,(H,22,23);1H. The molecular formula is C18H25F3N4. The number of nitrogens with one attached hydrogen (secondary N) is 1. The molecule has 25 heavy (non-hydrogen) atoms. The van der Waals surface area contributed by atoms with E-state index >= 15 is 0 Å². The molecule has 138 valence electrons. The van der Waals surface area contributed by atoms with Gasteiger partial charge in [0, 0.05) is 33.1 Å². The highest BCUT2D eigenvalue weighted by Gasteiger charge is 2.36. The largest absolute Gasteiger partial charge is 0.373 e. The Morgan fingerprint density at radius 3 is 2.52 bits per heavy atom. The molecule has 0 amide bonds. The summed E-state index contributed by atoms with van der Waals surface area (Å²) < 4.78 is 43.0. The molecule has 2 aromatic heterocycles. The molecule has 0 spiro atoms. The predicted molar refractivity (Wildman–Crippen MR) is 93.6 cm³/mol. The van der Waals surface area contributed by atoms with E-state index in [2.05, 4.69) is 15.4 Å². The van der Waals surface area contributed by atoms with Crippen molar-refractivity contribution in [1.29, 1.82) is 0 Å². The molecule has 0 radical (unpaired) electrons. The Morgan fingerprint density at radius 2 is 1.96 bits per heavy atom. The topological polar surface area (TPSA) is 42.7 Å². The first-order chi connectivity index (χ1) is 11.8. The van der Waals surface area contributed by atoms with Crippen LogP contribution in [0.1, 0.15) is 58.5 Å². The fraction of sp³-hybridized carbons (Fsp3) is 0.556. The van der Waals surface area contributed by atoms with Crippen molar-refractivity contribution >= 4 is 5.82 Å². The number of hydrogen-bond acceptors (Lipinski definition) is 3. The first-order valence-corrected chi connectivity index (χ1v) is 8.62. The van der Waals surface area contributed by atoms with Gasteiger partial charge in [0.25, 0.3) is 0 Å². The first-order valence-electron chi connectivity index (χ1n) is 8.62. The lowest BCUT2D eigenvalue weighted by Gasteiger charge is -2.28. The lowest BCUT2D eigenvalue weighted by molar-refractivity contribution is -0.0449. The summed E-state index contributed by atoms with van der Waals surface area (Å²) in [4.78, 5) is 3.88.